The molecule has 3 nitrogen and oxygen atoms in total. The number of carbonyl (C=O) groups is 1. The smallest absolute Gasteiger partial charge is 0.346 e. The molecule has 0 aliphatic carbocycles. The van der Waals surface area contributed by atoms with Crippen molar-refractivity contribution in [2.45, 2.75) is 19.6 Å². The number of thiophene rings is 2. The molecule has 0 spiro atoms. The van der Waals surface area contributed by atoms with E-state index in [1.165, 1.54) is 23.5 Å². The number of halogens is 4. The Morgan fingerprint density at radius 1 is 1.27 bits per heavy atom. The van der Waals surface area contributed by atoms with Crippen LogP contribution in [-0.2, 0) is 6.54 Å². The molecule has 0 bridgehead atoms. The molecule has 0 atom stereocenters. The lowest BCUT2D eigenvalue weighted by Crippen LogP contribution is -2.21. The van der Waals surface area contributed by atoms with E-state index < -0.39 is 18.4 Å². The van der Waals surface area contributed by atoms with E-state index in [9.17, 15) is 22.4 Å². The van der Waals surface area contributed by atoms with E-state index >= 15 is 0 Å². The molecule has 2 aromatic rings. The van der Waals surface area contributed by atoms with Crippen molar-refractivity contribution in [3.63, 3.8) is 0 Å². The summed E-state index contributed by atoms with van der Waals surface area (Å²) in [6, 6.07) is 6.79. The van der Waals surface area contributed by atoms with E-state index in [0.29, 0.717) is 16.3 Å². The molecule has 0 saturated carbocycles. The van der Waals surface area contributed by atoms with Gasteiger partial charge in [0, 0.05) is 10.5 Å². The van der Waals surface area contributed by atoms with Crippen molar-refractivity contribution in [2.24, 2.45) is 4.99 Å². The minimum absolute atomic E-state index is 0.0137. The Morgan fingerprint density at radius 2 is 2.00 bits per heavy atom. The highest BCUT2D eigenvalue weighted by atomic mass is 32.1. The van der Waals surface area contributed by atoms with Gasteiger partial charge in [-0.3, -0.25) is 9.79 Å². The van der Waals surface area contributed by atoms with Gasteiger partial charge in [0.2, 0.25) is 0 Å². The van der Waals surface area contributed by atoms with Crippen molar-refractivity contribution in [1.29, 1.82) is 0 Å². The van der Waals surface area contributed by atoms with E-state index in [1.54, 1.807) is 0 Å². The first kappa shape index (κ1) is 20.3. The molecular weight excluding hydrogens is 388 g/mol. The molecular formula is C17H16F4N2OS2. The highest BCUT2D eigenvalue weighted by Crippen LogP contribution is 2.26. The van der Waals surface area contributed by atoms with Crippen LogP contribution >= 0.6 is 22.7 Å². The summed E-state index contributed by atoms with van der Waals surface area (Å²) in [6.45, 7) is 0.281. The molecule has 26 heavy (non-hydrogen) atoms. The zero-order valence-electron chi connectivity index (χ0n) is 13.8. The van der Waals surface area contributed by atoms with E-state index in [1.807, 2.05) is 17.5 Å². The van der Waals surface area contributed by atoms with Crippen molar-refractivity contribution in [3.05, 3.63) is 55.9 Å². The first-order valence-electron chi connectivity index (χ1n) is 7.58. The Morgan fingerprint density at radius 3 is 2.62 bits per heavy atom. The molecule has 2 aromatic heterocycles. The van der Waals surface area contributed by atoms with Gasteiger partial charge in [0.25, 0.3) is 5.91 Å². The Hall–Kier alpha value is -2.00. The molecule has 0 saturated heterocycles. The summed E-state index contributed by atoms with van der Waals surface area (Å²) in [5, 5.41) is 4.64. The summed E-state index contributed by atoms with van der Waals surface area (Å²) >= 11 is 2.52. The Labute approximate surface area is 156 Å². The topological polar surface area (TPSA) is 41.5 Å². The van der Waals surface area contributed by atoms with Crippen LogP contribution in [0.3, 0.4) is 0 Å². The predicted octanol–water partition coefficient (Wildman–Crippen LogP) is 5.01. The van der Waals surface area contributed by atoms with Crippen LogP contribution in [0.5, 0.6) is 0 Å². The number of hydrogen-bond acceptors (Lipinski definition) is 4. The fourth-order valence-corrected chi connectivity index (χ4v) is 3.46. The van der Waals surface area contributed by atoms with Gasteiger partial charge in [-0.2, -0.15) is 13.2 Å². The van der Waals surface area contributed by atoms with Gasteiger partial charge >= 0.3 is 6.18 Å². The van der Waals surface area contributed by atoms with E-state index in [4.69, 9.17) is 0 Å². The summed E-state index contributed by atoms with van der Waals surface area (Å²) in [5.41, 5.74) is -0.827. The number of carbonyl (C=O) groups excluding carboxylic acids is 1. The maximum Gasteiger partial charge on any atom is 0.412 e. The molecule has 0 aromatic carbocycles. The predicted molar refractivity (Wildman–Crippen MR) is 97.0 cm³/mol. The number of allylic oxidation sites excluding steroid dienone is 2. The van der Waals surface area contributed by atoms with Crippen molar-refractivity contribution >= 4 is 34.3 Å². The van der Waals surface area contributed by atoms with Gasteiger partial charge in [-0.05, 0) is 36.6 Å². The van der Waals surface area contributed by atoms with Gasteiger partial charge in [-0.25, -0.2) is 4.39 Å². The molecule has 2 rings (SSSR count). The second-order valence-corrected chi connectivity index (χ2v) is 7.32. The van der Waals surface area contributed by atoms with E-state index in [2.05, 4.69) is 10.3 Å². The molecule has 0 aliphatic rings. The van der Waals surface area contributed by atoms with Crippen molar-refractivity contribution in [3.8, 4) is 0 Å². The third kappa shape index (κ3) is 5.77. The van der Waals surface area contributed by atoms with Gasteiger partial charge in [0.1, 0.15) is 6.67 Å². The first-order chi connectivity index (χ1) is 12.3. The normalized spacial score (nSPS) is 13.1. The molecule has 140 valence electrons. The Bertz CT molecular complexity index is 792. The fraction of sp³-hybridized carbons (Fsp3) is 0.294. The number of nitrogens with zero attached hydrogens (tertiary/aromatic N) is 1. The number of alkyl halides is 4. The summed E-state index contributed by atoms with van der Waals surface area (Å²) in [7, 11) is 0. The average Bonchev–Trinajstić information content (AvgIpc) is 3.26. The van der Waals surface area contributed by atoms with Gasteiger partial charge in [0.05, 0.1) is 28.6 Å². The zero-order valence-corrected chi connectivity index (χ0v) is 15.4. The number of nitrogens with one attached hydrogen (secondary N) is 1. The highest BCUT2D eigenvalue weighted by Gasteiger charge is 2.30. The number of hydrogen-bond donors (Lipinski definition) is 1. The lowest BCUT2D eigenvalue weighted by molar-refractivity contribution is -0.0912. The molecule has 0 aliphatic heterocycles. The Kier molecular flexibility index (Phi) is 7.10. The Balaban J connectivity index is 2.16. The van der Waals surface area contributed by atoms with E-state index in [0.717, 1.165) is 29.2 Å². The van der Waals surface area contributed by atoms with Crippen molar-refractivity contribution in [2.75, 3.05) is 13.2 Å². The van der Waals surface area contributed by atoms with Crippen LogP contribution in [0, 0.1) is 0 Å². The van der Waals surface area contributed by atoms with Crippen LogP contribution in [0.15, 0.2) is 46.3 Å². The van der Waals surface area contributed by atoms with Gasteiger partial charge < -0.3 is 5.32 Å². The minimum Gasteiger partial charge on any atom is -0.346 e. The zero-order chi connectivity index (χ0) is 19.2. The van der Waals surface area contributed by atoms with Crippen LogP contribution in [0.4, 0.5) is 17.6 Å². The molecule has 0 unspecified atom stereocenters. The largest absolute Gasteiger partial charge is 0.412 e. The average molecular weight is 404 g/mol. The molecule has 1 N–H and O–H groups in total. The molecule has 0 radical (unpaired) electrons. The van der Waals surface area contributed by atoms with Crippen LogP contribution < -0.4 is 5.32 Å². The van der Waals surface area contributed by atoms with Crippen molar-refractivity contribution < 1.29 is 22.4 Å². The SMILES string of the molecule is C/C(=C\C(=NCCF)c1ccc(C(=O)NCc2cccs2)s1)C(F)(F)F. The number of amides is 1. The third-order valence-corrected chi connectivity index (χ3v) is 5.24. The highest BCUT2D eigenvalue weighted by molar-refractivity contribution is 7.16. The minimum atomic E-state index is -4.49. The molecule has 0 fully saturated rings. The number of aliphatic imine (C=N–C) groups is 1. The quantitative estimate of drug-likeness (QED) is 0.512. The second-order valence-electron chi connectivity index (χ2n) is 5.21. The van der Waals surface area contributed by atoms with Crippen LogP contribution in [0.25, 0.3) is 0 Å². The third-order valence-electron chi connectivity index (χ3n) is 3.25. The summed E-state index contributed by atoms with van der Waals surface area (Å²) in [6.07, 6.45) is -3.62. The second kappa shape index (κ2) is 9.09. The van der Waals surface area contributed by atoms with Crippen molar-refractivity contribution in [1.82, 2.24) is 5.32 Å². The lowest BCUT2D eigenvalue weighted by Gasteiger charge is -2.07. The standard InChI is InChI=1S/C17H16F4N2OS2/c1-11(17(19,20)21)9-13(22-7-6-18)14-4-5-15(26-14)16(24)23-10-12-3-2-8-25-12/h2-5,8-9H,6-7,10H2,1H3,(H,23,24)/b11-9+,22-13?. The molecule has 9 heteroatoms. The maximum absolute atomic E-state index is 12.8. The van der Waals surface area contributed by atoms with Crippen LogP contribution in [-0.4, -0.2) is 31.0 Å². The fourth-order valence-electron chi connectivity index (χ4n) is 1.91. The summed E-state index contributed by atoms with van der Waals surface area (Å²) in [4.78, 5) is 17.8. The van der Waals surface area contributed by atoms with Crippen LogP contribution in [0.1, 0.15) is 26.3 Å². The maximum atomic E-state index is 12.8. The van der Waals surface area contributed by atoms with Gasteiger partial charge in [-0.15, -0.1) is 22.7 Å². The number of rotatable bonds is 7. The molecule has 1 amide bonds. The summed E-state index contributed by atoms with van der Waals surface area (Å²) < 4.78 is 50.7. The first-order valence-corrected chi connectivity index (χ1v) is 9.27. The lowest BCUT2D eigenvalue weighted by atomic mass is 10.2. The van der Waals surface area contributed by atoms with E-state index in [-0.39, 0.29) is 18.2 Å². The van der Waals surface area contributed by atoms with Gasteiger partial charge in [0.15, 0.2) is 0 Å². The monoisotopic (exact) mass is 404 g/mol. The summed E-state index contributed by atoms with van der Waals surface area (Å²) in [5.74, 6) is -0.323. The van der Waals surface area contributed by atoms with Crippen LogP contribution in [0.2, 0.25) is 0 Å². The molecule has 2 heterocycles. The van der Waals surface area contributed by atoms with Gasteiger partial charge in [-0.1, -0.05) is 6.07 Å².